The lowest BCUT2D eigenvalue weighted by Gasteiger charge is -2.09. The molecular formula is C15H15BrN2O3. The number of fused-ring (bicyclic) bond motifs is 1. The van der Waals surface area contributed by atoms with Crippen LogP contribution in [-0.2, 0) is 11.2 Å². The molecule has 0 saturated heterocycles. The van der Waals surface area contributed by atoms with Crippen LogP contribution >= 0.6 is 15.9 Å². The van der Waals surface area contributed by atoms with E-state index in [1.807, 2.05) is 30.3 Å². The summed E-state index contributed by atoms with van der Waals surface area (Å²) in [5.74, 6) is -0.0523. The van der Waals surface area contributed by atoms with Gasteiger partial charge in [-0.3, -0.25) is 10.1 Å². The molecule has 0 aromatic heterocycles. The molecule has 0 fully saturated rings. The molecule has 2 rings (SSSR count). The quantitative estimate of drug-likeness (QED) is 0.725. The second-order valence-electron chi connectivity index (χ2n) is 4.52. The summed E-state index contributed by atoms with van der Waals surface area (Å²) in [6, 6.07) is 11.3. The number of halogens is 1. The summed E-state index contributed by atoms with van der Waals surface area (Å²) in [5, 5.41) is 16.2. The number of amides is 2. The molecule has 0 aliphatic rings. The molecule has 0 aliphatic heterocycles. The zero-order valence-corrected chi connectivity index (χ0v) is 12.8. The van der Waals surface area contributed by atoms with Gasteiger partial charge in [-0.25, -0.2) is 4.79 Å². The minimum atomic E-state index is -1.09. The Kier molecular flexibility index (Phi) is 5.16. The number of alkyl halides is 1. The van der Waals surface area contributed by atoms with Gasteiger partial charge in [0, 0.05) is 12.2 Å². The number of rotatable bonds is 5. The molecule has 0 radical (unpaired) electrons. The number of hydrogen-bond acceptors (Lipinski definition) is 2. The summed E-state index contributed by atoms with van der Waals surface area (Å²) >= 11 is 3.10. The molecule has 0 bridgehead atoms. The summed E-state index contributed by atoms with van der Waals surface area (Å²) in [5.41, 5.74) is 1.60. The van der Waals surface area contributed by atoms with Crippen LogP contribution in [0, 0.1) is 0 Å². The SMILES string of the molecule is O=C(O)Nc1ccc2cccc(CCNC(=O)CBr)c2c1. The predicted octanol–water partition coefficient (Wildman–Crippen LogP) is 2.98. The second-order valence-corrected chi connectivity index (χ2v) is 5.08. The third-order valence-corrected chi connectivity index (χ3v) is 3.57. The zero-order valence-electron chi connectivity index (χ0n) is 11.2. The lowest BCUT2D eigenvalue weighted by Crippen LogP contribution is -2.26. The van der Waals surface area contributed by atoms with Crippen molar-refractivity contribution in [2.24, 2.45) is 0 Å². The van der Waals surface area contributed by atoms with E-state index in [4.69, 9.17) is 5.11 Å². The highest BCUT2D eigenvalue weighted by atomic mass is 79.9. The van der Waals surface area contributed by atoms with Crippen LogP contribution < -0.4 is 10.6 Å². The topological polar surface area (TPSA) is 78.4 Å². The van der Waals surface area contributed by atoms with E-state index < -0.39 is 6.09 Å². The van der Waals surface area contributed by atoms with Crippen LogP contribution in [0.25, 0.3) is 10.8 Å². The van der Waals surface area contributed by atoms with Gasteiger partial charge < -0.3 is 10.4 Å². The number of nitrogens with one attached hydrogen (secondary N) is 2. The molecular weight excluding hydrogens is 336 g/mol. The third kappa shape index (κ3) is 4.19. The zero-order chi connectivity index (χ0) is 15.2. The van der Waals surface area contributed by atoms with E-state index in [0.29, 0.717) is 18.7 Å². The first kappa shape index (κ1) is 15.3. The molecule has 0 spiro atoms. The van der Waals surface area contributed by atoms with Crippen molar-refractivity contribution in [1.82, 2.24) is 5.32 Å². The first-order chi connectivity index (χ1) is 10.1. The fourth-order valence-corrected chi connectivity index (χ4v) is 2.34. The molecule has 5 nitrogen and oxygen atoms in total. The highest BCUT2D eigenvalue weighted by Gasteiger charge is 2.05. The maximum Gasteiger partial charge on any atom is 0.409 e. The van der Waals surface area contributed by atoms with Crippen molar-refractivity contribution in [1.29, 1.82) is 0 Å². The Balaban J connectivity index is 2.21. The predicted molar refractivity (Wildman–Crippen MR) is 86.1 cm³/mol. The molecule has 0 heterocycles. The summed E-state index contributed by atoms with van der Waals surface area (Å²) in [6.45, 7) is 0.542. The Morgan fingerprint density at radius 2 is 2.00 bits per heavy atom. The molecule has 0 aliphatic carbocycles. The van der Waals surface area contributed by atoms with Crippen LogP contribution in [0.15, 0.2) is 36.4 Å². The number of carbonyl (C=O) groups excluding carboxylic acids is 1. The lowest BCUT2D eigenvalue weighted by atomic mass is 10.0. The maximum atomic E-state index is 11.2. The van der Waals surface area contributed by atoms with E-state index in [1.165, 1.54) is 0 Å². The molecule has 0 unspecified atom stereocenters. The molecule has 2 aromatic carbocycles. The number of carboxylic acid groups (broad SMARTS) is 1. The fourth-order valence-electron chi connectivity index (χ4n) is 2.14. The molecule has 2 amide bonds. The van der Waals surface area contributed by atoms with Gasteiger partial charge in [0.2, 0.25) is 5.91 Å². The van der Waals surface area contributed by atoms with Crippen LogP contribution in [0.2, 0.25) is 0 Å². The van der Waals surface area contributed by atoms with E-state index in [1.54, 1.807) is 6.07 Å². The van der Waals surface area contributed by atoms with Gasteiger partial charge in [0.1, 0.15) is 0 Å². The Hall–Kier alpha value is -2.08. The first-order valence-electron chi connectivity index (χ1n) is 6.44. The van der Waals surface area contributed by atoms with E-state index in [2.05, 4.69) is 26.6 Å². The van der Waals surface area contributed by atoms with E-state index in [-0.39, 0.29) is 11.2 Å². The minimum Gasteiger partial charge on any atom is -0.465 e. The van der Waals surface area contributed by atoms with Crippen molar-refractivity contribution in [3.8, 4) is 0 Å². The van der Waals surface area contributed by atoms with Crippen LogP contribution in [0.1, 0.15) is 5.56 Å². The molecule has 0 saturated carbocycles. The fraction of sp³-hybridized carbons (Fsp3) is 0.200. The van der Waals surface area contributed by atoms with Crippen molar-refractivity contribution in [2.75, 3.05) is 17.2 Å². The van der Waals surface area contributed by atoms with E-state index >= 15 is 0 Å². The summed E-state index contributed by atoms with van der Waals surface area (Å²) in [6.07, 6.45) is -0.400. The second kappa shape index (κ2) is 7.08. The Labute approximate surface area is 130 Å². The van der Waals surface area contributed by atoms with Crippen LogP contribution in [0.5, 0.6) is 0 Å². The highest BCUT2D eigenvalue weighted by molar-refractivity contribution is 9.09. The average Bonchev–Trinajstić information content (AvgIpc) is 2.46. The summed E-state index contributed by atoms with van der Waals surface area (Å²) in [4.78, 5) is 21.9. The van der Waals surface area contributed by atoms with Gasteiger partial charge in [0.05, 0.1) is 5.33 Å². The van der Waals surface area contributed by atoms with Gasteiger partial charge in [-0.05, 0) is 34.9 Å². The molecule has 6 heteroatoms. The number of anilines is 1. The van der Waals surface area contributed by atoms with Gasteiger partial charge in [0.15, 0.2) is 0 Å². The van der Waals surface area contributed by atoms with Crippen LogP contribution in [-0.4, -0.2) is 29.0 Å². The molecule has 21 heavy (non-hydrogen) atoms. The summed E-state index contributed by atoms with van der Waals surface area (Å²) < 4.78 is 0. The largest absolute Gasteiger partial charge is 0.465 e. The average molecular weight is 351 g/mol. The van der Waals surface area contributed by atoms with Crippen molar-refractivity contribution in [3.05, 3.63) is 42.0 Å². The normalized spacial score (nSPS) is 10.3. The highest BCUT2D eigenvalue weighted by Crippen LogP contribution is 2.23. The Bertz CT molecular complexity index is 673. The molecule has 110 valence electrons. The van der Waals surface area contributed by atoms with Crippen molar-refractivity contribution in [3.63, 3.8) is 0 Å². The molecule has 2 aromatic rings. The van der Waals surface area contributed by atoms with Gasteiger partial charge in [-0.2, -0.15) is 0 Å². The number of benzene rings is 2. The summed E-state index contributed by atoms with van der Waals surface area (Å²) in [7, 11) is 0. The standard InChI is InChI=1S/C15H15BrN2O3/c16-9-14(19)17-7-6-11-3-1-2-10-4-5-12(8-13(10)11)18-15(20)21/h1-5,8,18H,6-7,9H2,(H,17,19)(H,20,21). The van der Waals surface area contributed by atoms with Gasteiger partial charge in [-0.15, -0.1) is 0 Å². The maximum absolute atomic E-state index is 11.2. The van der Waals surface area contributed by atoms with E-state index in [9.17, 15) is 9.59 Å². The van der Waals surface area contributed by atoms with Crippen molar-refractivity contribution in [2.45, 2.75) is 6.42 Å². The lowest BCUT2D eigenvalue weighted by molar-refractivity contribution is -0.118. The van der Waals surface area contributed by atoms with Gasteiger partial charge >= 0.3 is 6.09 Å². The number of hydrogen-bond donors (Lipinski definition) is 3. The minimum absolute atomic E-state index is 0.0523. The van der Waals surface area contributed by atoms with Crippen molar-refractivity contribution >= 4 is 44.4 Å². The van der Waals surface area contributed by atoms with Crippen molar-refractivity contribution < 1.29 is 14.7 Å². The monoisotopic (exact) mass is 350 g/mol. The smallest absolute Gasteiger partial charge is 0.409 e. The van der Waals surface area contributed by atoms with E-state index in [0.717, 1.165) is 16.3 Å². The Morgan fingerprint density at radius 3 is 2.71 bits per heavy atom. The van der Waals surface area contributed by atoms with Gasteiger partial charge in [-0.1, -0.05) is 40.2 Å². The van der Waals surface area contributed by atoms with Crippen LogP contribution in [0.4, 0.5) is 10.5 Å². The van der Waals surface area contributed by atoms with Crippen LogP contribution in [0.3, 0.4) is 0 Å². The third-order valence-electron chi connectivity index (χ3n) is 3.06. The van der Waals surface area contributed by atoms with Gasteiger partial charge in [0.25, 0.3) is 0 Å². The number of carbonyl (C=O) groups is 2. The Morgan fingerprint density at radius 1 is 1.19 bits per heavy atom. The first-order valence-corrected chi connectivity index (χ1v) is 7.56. The molecule has 3 N–H and O–H groups in total. The molecule has 0 atom stereocenters.